The molecule has 0 aliphatic heterocycles. The molecule has 120 valence electrons. The van der Waals surface area contributed by atoms with Crippen LogP contribution in [-0.2, 0) is 9.53 Å². The minimum Gasteiger partial charge on any atom is -0.448 e. The summed E-state index contributed by atoms with van der Waals surface area (Å²) in [5.74, 6) is -1.02. The van der Waals surface area contributed by atoms with Crippen LogP contribution in [0.4, 0.5) is 0 Å². The number of esters is 1. The van der Waals surface area contributed by atoms with Crippen molar-refractivity contribution >= 4 is 27.8 Å². The number of carbonyl (C=O) groups is 2. The molecule has 1 heterocycles. The number of carbonyl (C=O) groups excluding carboxylic acids is 2. The Labute approximate surface area is 142 Å². The average molecular weight is 378 g/mol. The van der Waals surface area contributed by atoms with E-state index in [9.17, 15) is 9.59 Å². The highest BCUT2D eigenvalue weighted by molar-refractivity contribution is 9.10. The van der Waals surface area contributed by atoms with E-state index in [0.29, 0.717) is 12.2 Å². The minimum absolute atomic E-state index is 0.186. The lowest BCUT2D eigenvalue weighted by molar-refractivity contribution is -0.128. The standard InChI is InChI=1S/C16H16BrN3O3/c1-3-8-18-15(21)10(2)23-16(22)14-9-13(19-20-14)11-4-6-12(17)7-5-11/h3-7,9-10H,1,8H2,2H3,(H,18,21)(H,19,20). The third-order valence-corrected chi connectivity index (χ3v) is 3.54. The number of benzene rings is 1. The molecule has 23 heavy (non-hydrogen) atoms. The second-order valence-electron chi connectivity index (χ2n) is 4.76. The maximum atomic E-state index is 12.0. The van der Waals surface area contributed by atoms with Crippen molar-refractivity contribution in [1.29, 1.82) is 0 Å². The number of ether oxygens (including phenoxy) is 1. The summed E-state index contributed by atoms with van der Waals surface area (Å²) in [5, 5.41) is 9.27. The van der Waals surface area contributed by atoms with Crippen molar-refractivity contribution in [2.45, 2.75) is 13.0 Å². The molecular weight excluding hydrogens is 362 g/mol. The first-order valence-corrected chi connectivity index (χ1v) is 7.71. The Bertz CT molecular complexity index is 710. The monoisotopic (exact) mass is 377 g/mol. The van der Waals surface area contributed by atoms with Gasteiger partial charge in [0.15, 0.2) is 6.10 Å². The Hall–Kier alpha value is -2.41. The van der Waals surface area contributed by atoms with Crippen LogP contribution in [-0.4, -0.2) is 34.7 Å². The molecule has 0 fully saturated rings. The first kappa shape index (κ1) is 17.0. The number of H-pyrrole nitrogens is 1. The molecule has 7 heteroatoms. The second kappa shape index (κ2) is 7.73. The summed E-state index contributed by atoms with van der Waals surface area (Å²) < 4.78 is 6.05. The van der Waals surface area contributed by atoms with Crippen molar-refractivity contribution in [2.75, 3.05) is 6.54 Å². The van der Waals surface area contributed by atoms with Crippen molar-refractivity contribution < 1.29 is 14.3 Å². The van der Waals surface area contributed by atoms with Gasteiger partial charge in [-0.15, -0.1) is 6.58 Å². The summed E-state index contributed by atoms with van der Waals surface area (Å²) in [6.07, 6.45) is 0.646. The van der Waals surface area contributed by atoms with Gasteiger partial charge in [0, 0.05) is 16.6 Å². The zero-order valence-electron chi connectivity index (χ0n) is 12.5. The summed E-state index contributed by atoms with van der Waals surface area (Å²) in [5.41, 5.74) is 1.67. The largest absolute Gasteiger partial charge is 0.448 e. The fraction of sp³-hybridized carbons (Fsp3) is 0.188. The Morgan fingerprint density at radius 3 is 2.78 bits per heavy atom. The van der Waals surface area contributed by atoms with Crippen LogP contribution in [0.1, 0.15) is 17.4 Å². The lowest BCUT2D eigenvalue weighted by Gasteiger charge is -2.11. The van der Waals surface area contributed by atoms with E-state index in [1.807, 2.05) is 24.3 Å². The van der Waals surface area contributed by atoms with Gasteiger partial charge in [-0.2, -0.15) is 5.10 Å². The third-order valence-electron chi connectivity index (χ3n) is 3.01. The number of hydrogen-bond acceptors (Lipinski definition) is 4. The molecule has 0 saturated carbocycles. The van der Waals surface area contributed by atoms with Crippen LogP contribution in [0.25, 0.3) is 11.3 Å². The van der Waals surface area contributed by atoms with Crippen molar-refractivity contribution in [3.8, 4) is 11.3 Å². The molecule has 1 amide bonds. The molecule has 1 atom stereocenters. The van der Waals surface area contributed by atoms with E-state index in [-0.39, 0.29) is 11.6 Å². The molecule has 0 aliphatic rings. The highest BCUT2D eigenvalue weighted by Gasteiger charge is 2.20. The second-order valence-corrected chi connectivity index (χ2v) is 5.67. The minimum atomic E-state index is -0.901. The number of rotatable bonds is 6. The lowest BCUT2D eigenvalue weighted by atomic mass is 10.1. The van der Waals surface area contributed by atoms with Gasteiger partial charge in [0.1, 0.15) is 5.69 Å². The van der Waals surface area contributed by atoms with E-state index in [4.69, 9.17) is 4.74 Å². The quantitative estimate of drug-likeness (QED) is 0.598. The van der Waals surface area contributed by atoms with Crippen molar-refractivity contribution in [2.24, 2.45) is 0 Å². The molecule has 0 radical (unpaired) electrons. The van der Waals surface area contributed by atoms with Crippen LogP contribution in [0, 0.1) is 0 Å². The normalized spacial score (nSPS) is 11.6. The highest BCUT2D eigenvalue weighted by Crippen LogP contribution is 2.20. The first-order chi connectivity index (χ1) is 11.0. The van der Waals surface area contributed by atoms with Crippen molar-refractivity contribution in [1.82, 2.24) is 15.5 Å². The van der Waals surface area contributed by atoms with Gasteiger partial charge in [-0.05, 0) is 25.1 Å². The van der Waals surface area contributed by atoms with Gasteiger partial charge >= 0.3 is 5.97 Å². The molecule has 2 N–H and O–H groups in total. The molecule has 2 rings (SSSR count). The maximum absolute atomic E-state index is 12.0. The van der Waals surface area contributed by atoms with Gasteiger partial charge in [0.25, 0.3) is 5.91 Å². The smallest absolute Gasteiger partial charge is 0.357 e. The van der Waals surface area contributed by atoms with Crippen molar-refractivity contribution in [3.63, 3.8) is 0 Å². The molecule has 1 aromatic heterocycles. The third kappa shape index (κ3) is 4.53. The SMILES string of the molecule is C=CCNC(=O)C(C)OC(=O)c1cc(-c2ccc(Br)cc2)n[nH]1. The number of nitrogens with one attached hydrogen (secondary N) is 2. The van der Waals surface area contributed by atoms with Crippen LogP contribution in [0.2, 0.25) is 0 Å². The Morgan fingerprint density at radius 1 is 1.43 bits per heavy atom. The van der Waals surface area contributed by atoms with E-state index in [1.165, 1.54) is 6.92 Å². The summed E-state index contributed by atoms with van der Waals surface area (Å²) in [7, 11) is 0. The number of amides is 1. The molecule has 1 unspecified atom stereocenters. The molecular formula is C16H16BrN3O3. The van der Waals surface area contributed by atoms with Gasteiger partial charge in [0.2, 0.25) is 0 Å². The number of halogens is 1. The average Bonchev–Trinajstić information content (AvgIpc) is 3.03. The van der Waals surface area contributed by atoms with E-state index in [0.717, 1.165) is 10.0 Å². The topological polar surface area (TPSA) is 84.1 Å². The molecule has 0 aliphatic carbocycles. The van der Waals surface area contributed by atoms with Gasteiger partial charge in [-0.1, -0.05) is 34.1 Å². The number of aromatic nitrogens is 2. The van der Waals surface area contributed by atoms with Gasteiger partial charge in [-0.3, -0.25) is 9.89 Å². The Kier molecular flexibility index (Phi) is 5.70. The number of aromatic amines is 1. The molecule has 2 aromatic rings. The predicted octanol–water partition coefficient (Wildman–Crippen LogP) is 2.69. The molecule has 1 aromatic carbocycles. The highest BCUT2D eigenvalue weighted by atomic mass is 79.9. The Morgan fingerprint density at radius 2 is 2.13 bits per heavy atom. The van der Waals surface area contributed by atoms with E-state index in [1.54, 1.807) is 12.1 Å². The van der Waals surface area contributed by atoms with Gasteiger partial charge in [0.05, 0.1) is 5.69 Å². The number of nitrogens with zero attached hydrogens (tertiary/aromatic N) is 1. The molecule has 0 spiro atoms. The van der Waals surface area contributed by atoms with E-state index < -0.39 is 12.1 Å². The van der Waals surface area contributed by atoms with Crippen LogP contribution >= 0.6 is 15.9 Å². The van der Waals surface area contributed by atoms with Gasteiger partial charge in [-0.25, -0.2) is 4.79 Å². The first-order valence-electron chi connectivity index (χ1n) is 6.92. The zero-order valence-corrected chi connectivity index (χ0v) is 14.1. The van der Waals surface area contributed by atoms with Crippen LogP contribution in [0.5, 0.6) is 0 Å². The summed E-state index contributed by atoms with van der Waals surface area (Å²) in [6, 6.07) is 9.10. The van der Waals surface area contributed by atoms with E-state index >= 15 is 0 Å². The number of hydrogen-bond donors (Lipinski definition) is 2. The van der Waals surface area contributed by atoms with Crippen molar-refractivity contribution in [3.05, 3.63) is 53.2 Å². The molecule has 0 bridgehead atoms. The summed E-state index contributed by atoms with van der Waals surface area (Å²) >= 11 is 3.36. The van der Waals surface area contributed by atoms with Crippen LogP contribution in [0.15, 0.2) is 47.5 Å². The molecule has 0 saturated heterocycles. The van der Waals surface area contributed by atoms with Crippen LogP contribution in [0.3, 0.4) is 0 Å². The zero-order chi connectivity index (χ0) is 16.8. The van der Waals surface area contributed by atoms with Crippen LogP contribution < -0.4 is 5.32 Å². The van der Waals surface area contributed by atoms with Gasteiger partial charge < -0.3 is 10.1 Å². The molecule has 6 nitrogen and oxygen atoms in total. The maximum Gasteiger partial charge on any atom is 0.357 e. The fourth-order valence-electron chi connectivity index (χ4n) is 1.79. The predicted molar refractivity (Wildman–Crippen MR) is 89.8 cm³/mol. The fourth-order valence-corrected chi connectivity index (χ4v) is 2.05. The van der Waals surface area contributed by atoms with E-state index in [2.05, 4.69) is 38.0 Å². The Balaban J connectivity index is 2.02. The summed E-state index contributed by atoms with van der Waals surface area (Å²) in [4.78, 5) is 23.7. The lowest BCUT2D eigenvalue weighted by Crippen LogP contribution is -2.35. The summed E-state index contributed by atoms with van der Waals surface area (Å²) in [6.45, 7) is 5.32.